The van der Waals surface area contributed by atoms with E-state index in [1.54, 1.807) is 20.8 Å². The Morgan fingerprint density at radius 1 is 1.18 bits per heavy atom. The van der Waals surface area contributed by atoms with Gasteiger partial charge in [-0.15, -0.1) is 13.2 Å². The van der Waals surface area contributed by atoms with Gasteiger partial charge in [0, 0.05) is 0 Å². The highest BCUT2D eigenvalue weighted by Gasteiger charge is 2.35. The third-order valence-corrected chi connectivity index (χ3v) is 2.11. The van der Waals surface area contributed by atoms with Crippen molar-refractivity contribution >= 4 is 17.5 Å². The predicted molar refractivity (Wildman–Crippen MR) is 80.2 cm³/mol. The molecule has 0 aromatic carbocycles. The van der Waals surface area contributed by atoms with Crippen LogP contribution < -0.4 is 0 Å². The first-order valence-electron chi connectivity index (χ1n) is 6.68. The zero-order valence-electron chi connectivity index (χ0n) is 13.2. The minimum Gasteiger partial charge on any atom is -0.451 e. The van der Waals surface area contributed by atoms with Crippen LogP contribution in [0.25, 0.3) is 5.53 Å². The molecule has 0 fully saturated rings. The number of ketones is 1. The highest BCUT2D eigenvalue weighted by molar-refractivity contribution is 6.62. The monoisotopic (exact) mass is 310 g/mol. The molecule has 0 atom stereocenters. The maximum Gasteiger partial charge on any atom is 0.441 e. The third-order valence-electron chi connectivity index (χ3n) is 2.11. The molecule has 0 aliphatic heterocycles. The standard InChI is InChI=1S/C15H22N2O5/c1-6-8-20-12(21-9-7-2)10-11(18)13(17-16)14(19)22-15(3,4)5/h6-7,12H,1-2,8-10H2,3-5H3. The van der Waals surface area contributed by atoms with E-state index in [1.807, 2.05) is 0 Å². The van der Waals surface area contributed by atoms with Crippen molar-refractivity contribution in [1.82, 2.24) is 0 Å². The zero-order valence-corrected chi connectivity index (χ0v) is 13.2. The average molecular weight is 310 g/mol. The van der Waals surface area contributed by atoms with Crippen molar-refractivity contribution in [2.75, 3.05) is 13.2 Å². The Kier molecular flexibility index (Phi) is 8.86. The number of hydrogen-bond donors (Lipinski definition) is 0. The van der Waals surface area contributed by atoms with E-state index in [2.05, 4.69) is 17.9 Å². The van der Waals surface area contributed by atoms with Crippen LogP contribution in [-0.4, -0.2) is 47.4 Å². The van der Waals surface area contributed by atoms with Gasteiger partial charge in [0.1, 0.15) is 5.60 Å². The van der Waals surface area contributed by atoms with Crippen molar-refractivity contribution in [2.24, 2.45) is 0 Å². The number of carbonyl (C=O) groups excluding carboxylic acids is 2. The van der Waals surface area contributed by atoms with Crippen LogP contribution in [0.3, 0.4) is 0 Å². The molecule has 0 amide bonds. The molecule has 0 bridgehead atoms. The minimum absolute atomic E-state index is 0.160. The fraction of sp³-hybridized carbons (Fsp3) is 0.533. The maximum absolute atomic E-state index is 12.0. The predicted octanol–water partition coefficient (Wildman–Crippen LogP) is 1.69. The fourth-order valence-corrected chi connectivity index (χ4v) is 1.30. The molecule has 0 saturated carbocycles. The lowest BCUT2D eigenvalue weighted by Gasteiger charge is -2.18. The lowest BCUT2D eigenvalue weighted by Crippen LogP contribution is -2.36. The maximum atomic E-state index is 12.0. The van der Waals surface area contributed by atoms with Crippen LogP contribution in [0.5, 0.6) is 0 Å². The van der Waals surface area contributed by atoms with Gasteiger partial charge in [0.25, 0.3) is 5.78 Å². The number of rotatable bonds is 10. The summed E-state index contributed by atoms with van der Waals surface area (Å²) in [6, 6.07) is 0. The Labute approximate surface area is 130 Å². The van der Waals surface area contributed by atoms with E-state index in [9.17, 15) is 9.59 Å². The summed E-state index contributed by atoms with van der Waals surface area (Å²) in [6.45, 7) is 12.2. The van der Waals surface area contributed by atoms with Gasteiger partial charge >= 0.3 is 11.7 Å². The number of carbonyl (C=O) groups is 2. The van der Waals surface area contributed by atoms with E-state index < -0.39 is 29.4 Å². The van der Waals surface area contributed by atoms with E-state index in [0.29, 0.717) is 0 Å². The molecule has 0 aromatic rings. The van der Waals surface area contributed by atoms with Gasteiger partial charge in [-0.3, -0.25) is 4.79 Å². The van der Waals surface area contributed by atoms with Crippen LogP contribution >= 0.6 is 0 Å². The molecule has 0 N–H and O–H groups in total. The molecular formula is C15H22N2O5. The SMILES string of the molecule is C=CCOC(CC(=O)C(=[N+]=[N-])C(=O)OC(C)(C)C)OCC=C. The minimum atomic E-state index is -1.01. The van der Waals surface area contributed by atoms with Gasteiger partial charge < -0.3 is 19.7 Å². The van der Waals surface area contributed by atoms with E-state index in [0.717, 1.165) is 0 Å². The van der Waals surface area contributed by atoms with E-state index in [-0.39, 0.29) is 19.6 Å². The van der Waals surface area contributed by atoms with Crippen molar-refractivity contribution in [3.8, 4) is 0 Å². The van der Waals surface area contributed by atoms with Crippen molar-refractivity contribution in [1.29, 1.82) is 0 Å². The Morgan fingerprint density at radius 2 is 1.68 bits per heavy atom. The number of Topliss-reactive ketones (excluding diaryl/α,β-unsaturated/α-hetero) is 1. The molecule has 0 saturated heterocycles. The summed E-state index contributed by atoms with van der Waals surface area (Å²) in [5.74, 6) is -1.76. The summed E-state index contributed by atoms with van der Waals surface area (Å²) >= 11 is 0. The van der Waals surface area contributed by atoms with Gasteiger partial charge in [-0.25, -0.2) is 4.79 Å². The summed E-state index contributed by atoms with van der Waals surface area (Å²) in [5, 5.41) is 0. The largest absolute Gasteiger partial charge is 0.451 e. The molecule has 0 spiro atoms. The molecule has 0 unspecified atom stereocenters. The van der Waals surface area contributed by atoms with E-state index >= 15 is 0 Å². The van der Waals surface area contributed by atoms with Gasteiger partial charge in [0.15, 0.2) is 6.29 Å². The second-order valence-corrected chi connectivity index (χ2v) is 5.25. The Hall–Kier alpha value is -2.08. The summed E-state index contributed by atoms with van der Waals surface area (Å²) in [5.41, 5.74) is 7.36. The second-order valence-electron chi connectivity index (χ2n) is 5.25. The molecule has 0 heterocycles. The number of ether oxygens (including phenoxy) is 3. The molecular weight excluding hydrogens is 288 g/mol. The van der Waals surface area contributed by atoms with Crippen LogP contribution in [0, 0.1) is 0 Å². The Morgan fingerprint density at radius 3 is 2.05 bits per heavy atom. The summed E-state index contributed by atoms with van der Waals surface area (Å²) in [7, 11) is 0. The first-order chi connectivity index (χ1) is 10.2. The fourth-order valence-electron chi connectivity index (χ4n) is 1.30. The van der Waals surface area contributed by atoms with Gasteiger partial charge in [0.05, 0.1) is 19.6 Å². The molecule has 0 aliphatic rings. The second kappa shape index (κ2) is 9.78. The Bertz CT molecular complexity index is 461. The summed E-state index contributed by atoms with van der Waals surface area (Å²) < 4.78 is 15.5. The lowest BCUT2D eigenvalue weighted by atomic mass is 10.1. The quantitative estimate of drug-likeness (QED) is 0.116. The van der Waals surface area contributed by atoms with Gasteiger partial charge in [-0.1, -0.05) is 12.2 Å². The normalized spacial score (nSPS) is 10.7. The zero-order chi connectivity index (χ0) is 17.2. The number of nitrogens with zero attached hydrogens (tertiary/aromatic N) is 2. The first kappa shape index (κ1) is 19.9. The number of esters is 1. The van der Waals surface area contributed by atoms with Crippen LogP contribution in [0.4, 0.5) is 0 Å². The molecule has 7 heteroatoms. The summed E-state index contributed by atoms with van der Waals surface area (Å²) in [6.07, 6.45) is 1.76. The summed E-state index contributed by atoms with van der Waals surface area (Å²) in [4.78, 5) is 26.6. The smallest absolute Gasteiger partial charge is 0.441 e. The van der Waals surface area contributed by atoms with E-state index in [1.165, 1.54) is 12.2 Å². The van der Waals surface area contributed by atoms with Crippen molar-refractivity contribution in [2.45, 2.75) is 39.1 Å². The van der Waals surface area contributed by atoms with Gasteiger partial charge in [-0.2, -0.15) is 4.79 Å². The van der Waals surface area contributed by atoms with Crippen LogP contribution in [-0.2, 0) is 23.8 Å². The van der Waals surface area contributed by atoms with Gasteiger partial charge in [-0.05, 0) is 20.8 Å². The van der Waals surface area contributed by atoms with Crippen molar-refractivity contribution in [3.05, 3.63) is 30.8 Å². The highest BCUT2D eigenvalue weighted by atomic mass is 16.7. The van der Waals surface area contributed by atoms with Crippen molar-refractivity contribution < 1.29 is 28.6 Å². The molecule has 122 valence electrons. The molecule has 0 rings (SSSR count). The van der Waals surface area contributed by atoms with E-state index in [4.69, 9.17) is 19.7 Å². The molecule has 0 aromatic heterocycles. The first-order valence-corrected chi connectivity index (χ1v) is 6.68. The molecule has 0 aliphatic carbocycles. The topological polar surface area (TPSA) is 98.2 Å². The lowest BCUT2D eigenvalue weighted by molar-refractivity contribution is -0.155. The van der Waals surface area contributed by atoms with Crippen molar-refractivity contribution in [3.63, 3.8) is 0 Å². The van der Waals surface area contributed by atoms with Crippen LogP contribution in [0.1, 0.15) is 27.2 Å². The van der Waals surface area contributed by atoms with Gasteiger partial charge in [0.2, 0.25) is 0 Å². The third kappa shape index (κ3) is 8.26. The highest BCUT2D eigenvalue weighted by Crippen LogP contribution is 2.09. The Balaban J connectivity index is 4.86. The average Bonchev–Trinajstić information content (AvgIpc) is 2.40. The molecule has 22 heavy (non-hydrogen) atoms. The van der Waals surface area contributed by atoms with Crippen LogP contribution in [0.15, 0.2) is 25.3 Å². The van der Waals surface area contributed by atoms with Crippen LogP contribution in [0.2, 0.25) is 0 Å². The number of hydrogen-bond acceptors (Lipinski definition) is 5. The molecule has 7 nitrogen and oxygen atoms in total. The molecule has 0 radical (unpaired) electrons.